The molecule has 0 radical (unpaired) electrons. The number of nitrogens with two attached hydrogens (primary N) is 5. The number of nitrogens with zero attached hydrogens (tertiary/aromatic N) is 6. The van der Waals surface area contributed by atoms with E-state index in [2.05, 4.69) is 49.5 Å². The molecule has 0 unspecified atom stereocenters. The van der Waals surface area contributed by atoms with Crippen molar-refractivity contribution in [2.45, 2.75) is 6.61 Å². The highest BCUT2D eigenvalue weighted by Gasteiger charge is 2.07. The van der Waals surface area contributed by atoms with Crippen molar-refractivity contribution in [3.63, 3.8) is 0 Å². The van der Waals surface area contributed by atoms with E-state index in [4.69, 9.17) is 52.4 Å². The molecule has 0 atom stereocenters. The number of aromatic nitrogens is 8. The van der Waals surface area contributed by atoms with Gasteiger partial charge < -0.3 is 66.4 Å². The number of H-pyrrole nitrogens is 2. The number of nitrogens with one attached hydrogen (secondary N) is 2. The maximum atomic E-state index is 12.3. The molecule has 12 N–H and O–H groups in total. The second kappa shape index (κ2) is 39.1. The molecular formula is C59H64F5N13O7S. The summed E-state index contributed by atoms with van der Waals surface area (Å²) in [5, 5.41) is 16.2. The van der Waals surface area contributed by atoms with Crippen molar-refractivity contribution in [1.82, 2.24) is 40.4 Å². The quantitative estimate of drug-likeness (QED) is 0.0262. The third kappa shape index (κ3) is 24.1. The Labute approximate surface area is 490 Å². The van der Waals surface area contributed by atoms with Gasteiger partial charge in [0.2, 0.25) is 24.4 Å². The van der Waals surface area contributed by atoms with E-state index >= 15 is 0 Å². The van der Waals surface area contributed by atoms with Crippen LogP contribution in [0, 0.1) is 0 Å². The minimum absolute atomic E-state index is 0.133. The molecule has 0 aliphatic rings. The molecule has 20 nitrogen and oxygen atoms in total. The van der Waals surface area contributed by atoms with Crippen LogP contribution in [0.15, 0.2) is 221 Å². The van der Waals surface area contributed by atoms with E-state index in [0.717, 1.165) is 38.5 Å². The fraction of sp³-hybridized carbons (Fsp3) is 0.186. The first-order valence-corrected chi connectivity index (χ1v) is 26.5. The Kier molecular flexibility index (Phi) is 30.6. The number of halogens is 5. The highest BCUT2D eigenvalue weighted by atomic mass is 32.1. The van der Waals surface area contributed by atoms with Gasteiger partial charge in [0.25, 0.3) is 0 Å². The Morgan fingerprint density at radius 1 is 0.482 bits per heavy atom. The summed E-state index contributed by atoms with van der Waals surface area (Å²) in [7, 11) is 0. The van der Waals surface area contributed by atoms with Crippen LogP contribution in [0.5, 0.6) is 23.0 Å². The molecule has 85 heavy (non-hydrogen) atoms. The Morgan fingerprint density at radius 3 is 1.18 bits per heavy atom. The number of thiophene rings is 1. The Hall–Kier alpha value is -9.41. The molecule has 448 valence electrons. The normalized spacial score (nSPS) is 11.6. The van der Waals surface area contributed by atoms with Crippen molar-refractivity contribution in [2.75, 3.05) is 65.8 Å². The van der Waals surface area contributed by atoms with Crippen molar-refractivity contribution in [3.05, 3.63) is 217 Å². The van der Waals surface area contributed by atoms with Crippen LogP contribution in [0.4, 0.5) is 22.0 Å². The molecule has 5 heterocycles. The zero-order valence-corrected chi connectivity index (χ0v) is 46.6. The molecule has 26 heteroatoms. The van der Waals surface area contributed by atoms with Crippen LogP contribution in [0.25, 0.3) is 45.3 Å². The van der Waals surface area contributed by atoms with Crippen LogP contribution >= 0.6 is 11.3 Å². The monoisotopic (exact) mass is 1190 g/mol. The van der Waals surface area contributed by atoms with Gasteiger partial charge in [-0.2, -0.15) is 15.1 Å². The van der Waals surface area contributed by atoms with Gasteiger partial charge in [0.1, 0.15) is 49.4 Å². The average molecular weight is 1190 g/mol. The second-order valence-corrected chi connectivity index (χ2v) is 18.2. The average Bonchev–Trinajstić information content (AvgIpc) is 4.59. The van der Waals surface area contributed by atoms with Gasteiger partial charge >= 0.3 is 0 Å². The van der Waals surface area contributed by atoms with E-state index < -0.39 is 0 Å². The van der Waals surface area contributed by atoms with Crippen LogP contribution in [0.1, 0.15) is 4.88 Å². The second-order valence-electron chi connectivity index (χ2n) is 17.1. The lowest BCUT2D eigenvalue weighted by atomic mass is 10.1. The largest absolute Gasteiger partial charge is 0.489 e. The van der Waals surface area contributed by atoms with E-state index in [9.17, 15) is 22.0 Å². The summed E-state index contributed by atoms with van der Waals surface area (Å²) in [4.78, 5) is 15.9. The number of benzene rings is 4. The highest BCUT2D eigenvalue weighted by Crippen LogP contribution is 2.24. The summed E-state index contributed by atoms with van der Waals surface area (Å²) in [5.74, 6) is 3.60. The molecular weight excluding hydrogens is 1130 g/mol. The molecule has 9 aromatic rings. The first-order chi connectivity index (χ1) is 41.7. The van der Waals surface area contributed by atoms with Gasteiger partial charge in [-0.1, -0.05) is 16.4 Å². The maximum absolute atomic E-state index is 12.3. The summed E-state index contributed by atoms with van der Waals surface area (Å²) in [6.07, 6.45) is 10.00. The zero-order valence-electron chi connectivity index (χ0n) is 45.8. The van der Waals surface area contributed by atoms with Crippen LogP contribution in [0.2, 0.25) is 0 Å². The molecule has 0 spiro atoms. The lowest BCUT2D eigenvalue weighted by Crippen LogP contribution is -2.10. The van der Waals surface area contributed by atoms with Gasteiger partial charge in [0.15, 0.2) is 0 Å². The first-order valence-electron chi connectivity index (χ1n) is 25.6. The summed E-state index contributed by atoms with van der Waals surface area (Å²) in [6.45, 7) is 2.18. The Balaban J connectivity index is 0.000000195. The highest BCUT2D eigenvalue weighted by molar-refractivity contribution is 7.09. The summed E-state index contributed by atoms with van der Waals surface area (Å²) < 4.78 is 97.2. The van der Waals surface area contributed by atoms with Crippen LogP contribution in [0.3, 0.4) is 0 Å². The number of imidazole rings is 1. The molecule has 0 bridgehead atoms. The van der Waals surface area contributed by atoms with E-state index in [0.29, 0.717) is 101 Å². The molecule has 5 aromatic heterocycles. The molecule has 0 saturated carbocycles. The molecule has 0 aliphatic heterocycles. The van der Waals surface area contributed by atoms with Crippen LogP contribution < -0.4 is 47.6 Å². The lowest BCUT2D eigenvalue weighted by Gasteiger charge is -2.07. The van der Waals surface area contributed by atoms with E-state index in [1.165, 1.54) is 12.8 Å². The summed E-state index contributed by atoms with van der Waals surface area (Å²) in [5.41, 5.74) is 34.2. The first kappa shape index (κ1) is 66.4. The minimum atomic E-state index is 0.133. The summed E-state index contributed by atoms with van der Waals surface area (Å²) in [6, 6.07) is 34.9. The standard InChI is InChI=1S/2C13H14FN3O.2C12H12FN3O2.C9H12FNOS/c14-5-10(6-15)8-18-12-3-1-11(2-4-12)13-7-16-9-17-13;14-7-10(8-15)9-18-12-3-1-11(2-4-12)13-5-6-16-17-13;2*13-5-9(6-14)7-17-11-3-1-10(2-4-11)12-15-8-18-16-12;10-4-8(5-11)6-12-7-9-2-1-3-13-9/h1-5,7,9H,6,8,15H2,(H,16,17);1-7H,8-9,15H2,(H,16,17);2*1-5,8H,6-7,14H2;1-4H,5-7,11H2/b10-5+;10-7+;2*9-5+;8-4+. The maximum Gasteiger partial charge on any atom is 0.214 e. The van der Waals surface area contributed by atoms with Gasteiger partial charge in [-0.25, -0.2) is 26.9 Å². The summed E-state index contributed by atoms with van der Waals surface area (Å²) >= 11 is 1.62. The van der Waals surface area contributed by atoms with Crippen LogP contribution in [-0.4, -0.2) is 106 Å². The van der Waals surface area contributed by atoms with Gasteiger partial charge in [-0.15, -0.1) is 11.3 Å². The third-order valence-electron chi connectivity index (χ3n) is 11.2. The number of aromatic amines is 2. The fourth-order valence-corrected chi connectivity index (χ4v) is 6.98. The minimum Gasteiger partial charge on any atom is -0.489 e. The third-order valence-corrected chi connectivity index (χ3v) is 12.0. The molecule has 0 aliphatic carbocycles. The predicted molar refractivity (Wildman–Crippen MR) is 315 cm³/mol. The smallest absolute Gasteiger partial charge is 0.214 e. The van der Waals surface area contributed by atoms with Gasteiger partial charge in [0.05, 0.1) is 68.8 Å². The molecule has 9 rings (SSSR count). The SMILES string of the molecule is NC/C(=C\F)COCc1cccs1.NC/C(=C\F)COc1ccc(-c2ccn[nH]2)cc1.NC/C(=C\F)COc1ccc(-c2cnc[nH]2)cc1.NC/C(=C\F)COc1ccc(-c2ncon2)cc1.NC/C(=C\F)COc1ccc(-c2ncon2)cc1. The van der Waals surface area contributed by atoms with E-state index in [1.807, 2.05) is 72.1 Å². The molecule has 4 aromatic carbocycles. The van der Waals surface area contributed by atoms with E-state index in [1.54, 1.807) is 78.6 Å². The van der Waals surface area contributed by atoms with Crippen molar-refractivity contribution in [1.29, 1.82) is 0 Å². The number of ether oxygens (including phenoxy) is 5. The van der Waals surface area contributed by atoms with E-state index in [-0.39, 0.29) is 65.8 Å². The Bertz CT molecular complexity index is 2930. The molecule has 0 amide bonds. The van der Waals surface area contributed by atoms with Gasteiger partial charge in [0, 0.05) is 77.2 Å². The van der Waals surface area contributed by atoms with Gasteiger partial charge in [-0.05, 0) is 131 Å². The van der Waals surface area contributed by atoms with Crippen molar-refractivity contribution in [3.8, 4) is 68.3 Å². The predicted octanol–water partition coefficient (Wildman–Crippen LogP) is 10.5. The van der Waals surface area contributed by atoms with Crippen LogP contribution in [-0.2, 0) is 11.3 Å². The lowest BCUT2D eigenvalue weighted by molar-refractivity contribution is 0.143. The Morgan fingerprint density at radius 2 is 0.871 bits per heavy atom. The zero-order chi connectivity index (χ0) is 60.7. The van der Waals surface area contributed by atoms with Crippen molar-refractivity contribution < 1.29 is 54.7 Å². The van der Waals surface area contributed by atoms with Crippen molar-refractivity contribution >= 4 is 11.3 Å². The fourth-order valence-electron chi connectivity index (χ4n) is 6.34. The molecule has 0 saturated heterocycles. The topological polar surface area (TPSA) is 311 Å². The number of hydrogen-bond donors (Lipinski definition) is 7. The number of rotatable bonds is 25. The van der Waals surface area contributed by atoms with Crippen molar-refractivity contribution in [2.24, 2.45) is 28.7 Å². The number of hydrogen-bond acceptors (Lipinski definition) is 19. The van der Waals surface area contributed by atoms with Gasteiger partial charge in [-0.3, -0.25) is 5.10 Å². The molecule has 0 fully saturated rings.